The molecule has 0 amide bonds. The second-order valence-electron chi connectivity index (χ2n) is 6.55. The Hall–Kier alpha value is -3.52. The van der Waals surface area contributed by atoms with Gasteiger partial charge in [0.15, 0.2) is 0 Å². The summed E-state index contributed by atoms with van der Waals surface area (Å²) in [6.07, 6.45) is 0. The van der Waals surface area contributed by atoms with Gasteiger partial charge in [-0.25, -0.2) is 0 Å². The normalized spacial score (nSPS) is 11.4. The van der Waals surface area contributed by atoms with Crippen LogP contribution in [0.5, 0.6) is 11.5 Å². The van der Waals surface area contributed by atoms with E-state index in [2.05, 4.69) is 36.4 Å². The third kappa shape index (κ3) is 2.12. The molecule has 0 saturated heterocycles. The molecule has 0 saturated carbocycles. The Kier molecular flexibility index (Phi) is 3.13. The van der Waals surface area contributed by atoms with Crippen LogP contribution in [0.25, 0.3) is 44.5 Å². The highest BCUT2D eigenvalue weighted by atomic mass is 16.3. The number of hydrogen-bond acceptors (Lipinski definition) is 2. The zero-order valence-electron chi connectivity index (χ0n) is 14.0. The van der Waals surface area contributed by atoms with Crippen molar-refractivity contribution in [3.63, 3.8) is 0 Å². The summed E-state index contributed by atoms with van der Waals surface area (Å²) in [5.41, 5.74) is 8.46. The SMILES string of the molecule is Oc1ccc2c(c1)-c1cc(O)ccc1-c1ccccc1-c1ccccc1-2. The monoisotopic (exact) mass is 336 g/mol. The summed E-state index contributed by atoms with van der Waals surface area (Å²) in [6, 6.07) is 27.5. The fourth-order valence-corrected chi connectivity index (χ4v) is 3.89. The predicted octanol–water partition coefficient (Wildman–Crippen LogP) is 6.08. The van der Waals surface area contributed by atoms with Crippen LogP contribution in [0.3, 0.4) is 0 Å². The molecule has 0 bridgehead atoms. The Bertz CT molecular complexity index is 1070. The lowest BCUT2D eigenvalue weighted by atomic mass is 9.81. The van der Waals surface area contributed by atoms with Crippen molar-refractivity contribution < 1.29 is 10.2 Å². The smallest absolute Gasteiger partial charge is 0.116 e. The van der Waals surface area contributed by atoms with E-state index in [0.29, 0.717) is 0 Å². The average molecular weight is 336 g/mol. The molecular weight excluding hydrogens is 320 g/mol. The van der Waals surface area contributed by atoms with Crippen LogP contribution in [0, 0.1) is 0 Å². The van der Waals surface area contributed by atoms with Crippen LogP contribution in [-0.2, 0) is 0 Å². The van der Waals surface area contributed by atoms with Gasteiger partial charge in [-0.2, -0.15) is 0 Å². The highest BCUT2D eigenvalue weighted by Gasteiger charge is 2.22. The van der Waals surface area contributed by atoms with Gasteiger partial charge < -0.3 is 10.2 Å². The summed E-state index contributed by atoms with van der Waals surface area (Å²) in [4.78, 5) is 0. The summed E-state index contributed by atoms with van der Waals surface area (Å²) < 4.78 is 0. The second kappa shape index (κ2) is 5.50. The Morgan fingerprint density at radius 2 is 0.654 bits per heavy atom. The van der Waals surface area contributed by atoms with Gasteiger partial charge in [0, 0.05) is 0 Å². The van der Waals surface area contributed by atoms with E-state index in [1.807, 2.05) is 24.3 Å². The van der Waals surface area contributed by atoms with E-state index >= 15 is 0 Å². The summed E-state index contributed by atoms with van der Waals surface area (Å²) in [5.74, 6) is 0.425. The number of fused-ring (bicyclic) bond motifs is 8. The lowest BCUT2D eigenvalue weighted by Crippen LogP contribution is -1.96. The zero-order chi connectivity index (χ0) is 17.7. The first-order chi connectivity index (χ1) is 12.7. The maximum atomic E-state index is 10.1. The average Bonchev–Trinajstić information content (AvgIpc) is 2.67. The Labute approximate surface area is 151 Å². The topological polar surface area (TPSA) is 40.5 Å². The van der Waals surface area contributed by atoms with Gasteiger partial charge in [-0.1, -0.05) is 60.7 Å². The maximum Gasteiger partial charge on any atom is 0.116 e. The zero-order valence-corrected chi connectivity index (χ0v) is 14.0. The fraction of sp³-hybridized carbons (Fsp3) is 0. The number of hydrogen-bond donors (Lipinski definition) is 2. The van der Waals surface area contributed by atoms with Gasteiger partial charge in [0.1, 0.15) is 11.5 Å². The summed E-state index contributed by atoms with van der Waals surface area (Å²) in [6.45, 7) is 0. The molecule has 0 aliphatic heterocycles. The molecule has 0 atom stereocenters. The molecular formula is C24H16O2. The highest BCUT2D eigenvalue weighted by Crippen LogP contribution is 2.48. The number of phenols is 2. The van der Waals surface area contributed by atoms with Crippen molar-refractivity contribution in [1.82, 2.24) is 0 Å². The van der Waals surface area contributed by atoms with Gasteiger partial charge in [-0.3, -0.25) is 0 Å². The van der Waals surface area contributed by atoms with Crippen LogP contribution in [-0.4, -0.2) is 10.2 Å². The number of benzene rings is 4. The van der Waals surface area contributed by atoms with Crippen LogP contribution in [0.1, 0.15) is 0 Å². The lowest BCUT2D eigenvalue weighted by Gasteiger charge is -2.23. The molecule has 0 spiro atoms. The standard InChI is InChI=1S/C24H16O2/c25-15-9-11-21-19-7-3-1-5-17(19)18-6-2-4-8-20(18)22-12-10-16(26)14-24(22)23(21)13-15/h1-14,25-26H. The van der Waals surface area contributed by atoms with Crippen molar-refractivity contribution in [2.45, 2.75) is 0 Å². The third-order valence-corrected chi connectivity index (χ3v) is 5.02. The number of rotatable bonds is 0. The minimum absolute atomic E-state index is 0.212. The summed E-state index contributed by atoms with van der Waals surface area (Å²) in [7, 11) is 0. The molecule has 0 unspecified atom stereocenters. The Morgan fingerprint density at radius 1 is 0.346 bits per heavy atom. The van der Waals surface area contributed by atoms with Crippen molar-refractivity contribution in [3.8, 4) is 56.0 Å². The number of aromatic hydroxyl groups is 2. The van der Waals surface area contributed by atoms with E-state index in [9.17, 15) is 10.2 Å². The van der Waals surface area contributed by atoms with Crippen molar-refractivity contribution in [3.05, 3.63) is 84.9 Å². The van der Waals surface area contributed by atoms with E-state index in [1.165, 1.54) is 0 Å². The quantitative estimate of drug-likeness (QED) is 0.360. The molecule has 5 rings (SSSR count). The predicted molar refractivity (Wildman–Crippen MR) is 105 cm³/mol. The van der Waals surface area contributed by atoms with E-state index in [4.69, 9.17) is 0 Å². The first-order valence-corrected chi connectivity index (χ1v) is 8.58. The lowest BCUT2D eigenvalue weighted by molar-refractivity contribution is 0.474. The van der Waals surface area contributed by atoms with Crippen molar-refractivity contribution in [2.75, 3.05) is 0 Å². The van der Waals surface area contributed by atoms with Gasteiger partial charge >= 0.3 is 0 Å². The highest BCUT2D eigenvalue weighted by molar-refractivity contribution is 6.03. The number of phenolic OH excluding ortho intramolecular Hbond substituents is 2. The molecule has 4 aromatic carbocycles. The Morgan fingerprint density at radius 3 is 1.00 bits per heavy atom. The molecule has 1 aliphatic carbocycles. The van der Waals surface area contributed by atoms with E-state index < -0.39 is 0 Å². The molecule has 124 valence electrons. The van der Waals surface area contributed by atoms with Gasteiger partial charge in [-0.05, 0) is 68.8 Å². The van der Waals surface area contributed by atoms with E-state index in [1.54, 1.807) is 24.3 Å². The summed E-state index contributed by atoms with van der Waals surface area (Å²) in [5, 5.41) is 20.3. The molecule has 26 heavy (non-hydrogen) atoms. The second-order valence-corrected chi connectivity index (χ2v) is 6.55. The van der Waals surface area contributed by atoms with E-state index in [0.717, 1.165) is 44.5 Å². The van der Waals surface area contributed by atoms with Crippen molar-refractivity contribution in [2.24, 2.45) is 0 Å². The molecule has 0 heterocycles. The largest absolute Gasteiger partial charge is 0.508 e. The van der Waals surface area contributed by atoms with Crippen molar-refractivity contribution >= 4 is 0 Å². The van der Waals surface area contributed by atoms with Crippen molar-refractivity contribution in [1.29, 1.82) is 0 Å². The van der Waals surface area contributed by atoms with Crippen LogP contribution in [0.2, 0.25) is 0 Å². The first kappa shape index (κ1) is 14.8. The van der Waals surface area contributed by atoms with E-state index in [-0.39, 0.29) is 11.5 Å². The summed E-state index contributed by atoms with van der Waals surface area (Å²) >= 11 is 0. The van der Waals surface area contributed by atoms with Crippen LogP contribution >= 0.6 is 0 Å². The van der Waals surface area contributed by atoms with Gasteiger partial charge in [0.05, 0.1) is 0 Å². The van der Waals surface area contributed by atoms with Crippen LogP contribution < -0.4 is 0 Å². The van der Waals surface area contributed by atoms with Gasteiger partial charge in [0.25, 0.3) is 0 Å². The molecule has 4 aromatic rings. The first-order valence-electron chi connectivity index (χ1n) is 8.58. The third-order valence-electron chi connectivity index (χ3n) is 5.02. The maximum absolute atomic E-state index is 10.1. The fourth-order valence-electron chi connectivity index (χ4n) is 3.89. The minimum atomic E-state index is 0.212. The molecule has 2 heteroatoms. The molecule has 2 N–H and O–H groups in total. The molecule has 2 nitrogen and oxygen atoms in total. The van der Waals surface area contributed by atoms with Gasteiger partial charge in [-0.15, -0.1) is 0 Å². The van der Waals surface area contributed by atoms with Gasteiger partial charge in [0.2, 0.25) is 0 Å². The van der Waals surface area contributed by atoms with Crippen LogP contribution in [0.4, 0.5) is 0 Å². The Balaban J connectivity index is 2.01. The molecule has 0 aromatic heterocycles. The molecule has 1 aliphatic rings. The molecule has 0 fully saturated rings. The minimum Gasteiger partial charge on any atom is -0.508 e. The van der Waals surface area contributed by atoms with Crippen LogP contribution in [0.15, 0.2) is 84.9 Å². The molecule has 0 radical (unpaired) electrons.